The van der Waals surface area contributed by atoms with Crippen LogP contribution < -0.4 is 5.73 Å². The van der Waals surface area contributed by atoms with Crippen LogP contribution in [0.5, 0.6) is 0 Å². The van der Waals surface area contributed by atoms with Gasteiger partial charge in [-0.25, -0.2) is 0 Å². The van der Waals surface area contributed by atoms with Gasteiger partial charge in [0, 0.05) is 49.3 Å². The normalized spacial score (nSPS) is 22.9. The Morgan fingerprint density at radius 1 is 1.15 bits per heavy atom. The first-order chi connectivity index (χ1) is 9.74. The van der Waals surface area contributed by atoms with Gasteiger partial charge in [-0.15, -0.1) is 0 Å². The molecule has 3 nitrogen and oxygen atoms in total. The maximum atomic E-state index is 6.33. The van der Waals surface area contributed by atoms with Gasteiger partial charge >= 0.3 is 0 Å². The molecule has 4 heteroatoms. The van der Waals surface area contributed by atoms with Crippen molar-refractivity contribution in [3.8, 4) is 0 Å². The first-order valence-electron chi connectivity index (χ1n) is 7.70. The summed E-state index contributed by atoms with van der Waals surface area (Å²) in [6.07, 6.45) is 3.88. The molecule has 1 unspecified atom stereocenters. The molecule has 0 spiro atoms. The molecule has 1 atom stereocenters. The molecule has 0 bridgehead atoms. The van der Waals surface area contributed by atoms with Crippen LogP contribution in [0.2, 0.25) is 0 Å². The van der Waals surface area contributed by atoms with Crippen molar-refractivity contribution in [3.63, 3.8) is 0 Å². The molecule has 0 amide bonds. The second-order valence-corrected chi connectivity index (χ2v) is 6.88. The van der Waals surface area contributed by atoms with Crippen molar-refractivity contribution >= 4 is 15.9 Å². The lowest BCUT2D eigenvalue weighted by molar-refractivity contribution is 0.124. The molecule has 20 heavy (non-hydrogen) atoms. The van der Waals surface area contributed by atoms with Gasteiger partial charge in [0.05, 0.1) is 0 Å². The number of nitrogens with zero attached hydrogens (tertiary/aromatic N) is 2. The molecule has 1 saturated heterocycles. The topological polar surface area (TPSA) is 32.5 Å². The molecule has 1 aromatic rings. The Hall–Kier alpha value is -0.420. The minimum absolute atomic E-state index is 0.132. The van der Waals surface area contributed by atoms with Crippen molar-refractivity contribution in [3.05, 3.63) is 34.3 Å². The molecule has 2 N–H and O–H groups in total. The first kappa shape index (κ1) is 14.5. The lowest BCUT2D eigenvalue weighted by Gasteiger charge is -2.35. The zero-order valence-corrected chi connectivity index (χ0v) is 13.6. The van der Waals surface area contributed by atoms with E-state index in [-0.39, 0.29) is 6.04 Å². The maximum Gasteiger partial charge on any atom is 0.0318 e. The average Bonchev–Trinajstić information content (AvgIpc) is 3.30. The lowest BCUT2D eigenvalue weighted by Crippen LogP contribution is -2.47. The van der Waals surface area contributed by atoms with Crippen LogP contribution >= 0.6 is 15.9 Å². The van der Waals surface area contributed by atoms with Gasteiger partial charge in [-0.1, -0.05) is 34.1 Å². The lowest BCUT2D eigenvalue weighted by atomic mass is 10.0. The van der Waals surface area contributed by atoms with Gasteiger partial charge in [0.25, 0.3) is 0 Å². The van der Waals surface area contributed by atoms with Crippen molar-refractivity contribution < 1.29 is 0 Å². The Kier molecular flexibility index (Phi) is 4.76. The summed E-state index contributed by atoms with van der Waals surface area (Å²) in [6.45, 7) is 6.02. The number of rotatable bonds is 5. The van der Waals surface area contributed by atoms with Crippen LogP contribution in [0.15, 0.2) is 28.7 Å². The van der Waals surface area contributed by atoms with Gasteiger partial charge in [-0.2, -0.15) is 0 Å². The van der Waals surface area contributed by atoms with Crippen molar-refractivity contribution in [2.75, 3.05) is 32.7 Å². The van der Waals surface area contributed by atoms with Gasteiger partial charge in [-0.05, 0) is 30.9 Å². The van der Waals surface area contributed by atoms with Gasteiger partial charge in [-0.3, -0.25) is 4.90 Å². The van der Waals surface area contributed by atoms with Crippen LogP contribution in [0.4, 0.5) is 0 Å². The van der Waals surface area contributed by atoms with E-state index in [4.69, 9.17) is 5.73 Å². The Morgan fingerprint density at radius 2 is 1.85 bits per heavy atom. The van der Waals surface area contributed by atoms with Crippen LogP contribution in [0.3, 0.4) is 0 Å². The fourth-order valence-electron chi connectivity index (χ4n) is 3.04. The molecule has 110 valence electrons. The highest BCUT2D eigenvalue weighted by Crippen LogP contribution is 2.28. The molecule has 1 aliphatic heterocycles. The summed E-state index contributed by atoms with van der Waals surface area (Å²) in [4.78, 5) is 5.22. The summed E-state index contributed by atoms with van der Waals surface area (Å²) in [7, 11) is 0. The van der Waals surface area contributed by atoms with E-state index in [1.54, 1.807) is 0 Å². The van der Waals surface area contributed by atoms with Gasteiger partial charge in [0.2, 0.25) is 0 Å². The molecular formula is C16H24BrN3. The van der Waals surface area contributed by atoms with Crippen LogP contribution in [0.25, 0.3) is 0 Å². The second kappa shape index (κ2) is 6.56. The summed E-state index contributed by atoms with van der Waals surface area (Å²) in [6, 6.07) is 9.35. The van der Waals surface area contributed by atoms with Gasteiger partial charge in [0.15, 0.2) is 0 Å². The van der Waals surface area contributed by atoms with Gasteiger partial charge in [0.1, 0.15) is 0 Å². The van der Waals surface area contributed by atoms with Gasteiger partial charge < -0.3 is 10.6 Å². The Labute approximate surface area is 130 Å². The number of nitrogens with two attached hydrogens (primary N) is 1. The average molecular weight is 338 g/mol. The minimum Gasteiger partial charge on any atom is -0.324 e. The third-order valence-electron chi connectivity index (χ3n) is 4.53. The standard InChI is InChI=1S/C16H24BrN3/c17-15-4-2-1-3-14(15)16(18)7-8-19-9-11-20(12-10-19)13-5-6-13/h1-4,13,16H,5-12,18H2. The van der Waals surface area contributed by atoms with Crippen molar-refractivity contribution in [2.24, 2.45) is 5.73 Å². The smallest absolute Gasteiger partial charge is 0.0318 e. The quantitative estimate of drug-likeness (QED) is 0.896. The summed E-state index contributed by atoms with van der Waals surface area (Å²) in [5, 5.41) is 0. The molecule has 2 fully saturated rings. The molecule has 1 heterocycles. The number of benzene rings is 1. The monoisotopic (exact) mass is 337 g/mol. The zero-order valence-electron chi connectivity index (χ0n) is 12.0. The molecule has 3 rings (SSSR count). The zero-order chi connectivity index (χ0) is 13.9. The summed E-state index contributed by atoms with van der Waals surface area (Å²) < 4.78 is 1.13. The summed E-state index contributed by atoms with van der Waals surface area (Å²) >= 11 is 3.59. The highest BCUT2D eigenvalue weighted by molar-refractivity contribution is 9.10. The first-order valence-corrected chi connectivity index (χ1v) is 8.50. The molecular weight excluding hydrogens is 314 g/mol. The van der Waals surface area contributed by atoms with E-state index in [1.807, 2.05) is 6.07 Å². The maximum absolute atomic E-state index is 6.33. The van der Waals surface area contributed by atoms with Crippen LogP contribution in [0, 0.1) is 0 Å². The highest BCUT2D eigenvalue weighted by Gasteiger charge is 2.31. The van der Waals surface area contributed by atoms with Crippen LogP contribution in [0.1, 0.15) is 30.9 Å². The van der Waals surface area contributed by atoms with Crippen molar-refractivity contribution in [1.82, 2.24) is 9.80 Å². The number of hydrogen-bond acceptors (Lipinski definition) is 3. The summed E-state index contributed by atoms with van der Waals surface area (Å²) in [5.41, 5.74) is 7.56. The fraction of sp³-hybridized carbons (Fsp3) is 0.625. The molecule has 0 aromatic heterocycles. The largest absolute Gasteiger partial charge is 0.324 e. The van der Waals surface area contributed by atoms with Crippen molar-refractivity contribution in [1.29, 1.82) is 0 Å². The van der Waals surface area contributed by atoms with E-state index in [0.29, 0.717) is 0 Å². The number of piperazine rings is 1. The van der Waals surface area contributed by atoms with E-state index in [0.717, 1.165) is 23.5 Å². The SMILES string of the molecule is NC(CCN1CCN(C2CC2)CC1)c1ccccc1Br. The van der Waals surface area contributed by atoms with E-state index in [1.165, 1.54) is 44.6 Å². The minimum atomic E-state index is 0.132. The second-order valence-electron chi connectivity index (χ2n) is 6.03. The van der Waals surface area contributed by atoms with E-state index in [2.05, 4.69) is 43.9 Å². The third kappa shape index (κ3) is 3.61. The molecule has 1 aliphatic carbocycles. The predicted octanol–water partition coefficient (Wildman–Crippen LogP) is 2.62. The molecule has 2 aliphatic rings. The van der Waals surface area contributed by atoms with E-state index in [9.17, 15) is 0 Å². The Bertz CT molecular complexity index is 439. The fourth-order valence-corrected chi connectivity index (χ4v) is 3.62. The molecule has 0 radical (unpaired) electrons. The number of halogens is 1. The van der Waals surface area contributed by atoms with E-state index >= 15 is 0 Å². The van der Waals surface area contributed by atoms with Crippen molar-refractivity contribution in [2.45, 2.75) is 31.3 Å². The van der Waals surface area contributed by atoms with Crippen LogP contribution in [-0.4, -0.2) is 48.6 Å². The predicted molar refractivity (Wildman–Crippen MR) is 86.7 cm³/mol. The molecule has 1 aromatic carbocycles. The summed E-state index contributed by atoms with van der Waals surface area (Å²) in [5.74, 6) is 0. The van der Waals surface area contributed by atoms with Crippen LogP contribution in [-0.2, 0) is 0 Å². The molecule has 1 saturated carbocycles. The third-order valence-corrected chi connectivity index (χ3v) is 5.25. The number of hydrogen-bond donors (Lipinski definition) is 1. The Balaban J connectivity index is 1.44. The van der Waals surface area contributed by atoms with E-state index < -0.39 is 0 Å². The highest BCUT2D eigenvalue weighted by atomic mass is 79.9. The Morgan fingerprint density at radius 3 is 2.50 bits per heavy atom.